The highest BCUT2D eigenvalue weighted by Gasteiger charge is 2.13. The largest absolute Gasteiger partial charge is 0.462 e. The van der Waals surface area contributed by atoms with Gasteiger partial charge in [-0.05, 0) is 19.1 Å². The molecule has 1 unspecified atom stereocenters. The van der Waals surface area contributed by atoms with Crippen molar-refractivity contribution >= 4 is 40.1 Å². The second-order valence-electron chi connectivity index (χ2n) is 3.61. The minimum atomic E-state index is -0.752. The lowest BCUT2D eigenvalue weighted by Crippen LogP contribution is -2.17. The van der Waals surface area contributed by atoms with E-state index in [0.717, 1.165) is 6.26 Å². The maximum absolute atomic E-state index is 11.6. The van der Waals surface area contributed by atoms with Crippen LogP contribution in [0.4, 0.5) is 0 Å². The topological polar surface area (TPSA) is 56.5 Å². The van der Waals surface area contributed by atoms with Crippen molar-refractivity contribution in [3.05, 3.63) is 39.7 Å². The number of alkyl halides is 1. The Morgan fingerprint density at radius 2 is 2.17 bits per heavy atom. The molecule has 0 aliphatic carbocycles. The molecule has 18 heavy (non-hydrogen) atoms. The first-order valence-corrected chi connectivity index (χ1v) is 5.87. The molecule has 0 bridgehead atoms. The van der Waals surface area contributed by atoms with Gasteiger partial charge in [0.05, 0.1) is 5.39 Å². The van der Waals surface area contributed by atoms with E-state index in [2.05, 4.69) is 0 Å². The van der Waals surface area contributed by atoms with E-state index in [0.29, 0.717) is 5.39 Å². The lowest BCUT2D eigenvalue weighted by molar-refractivity contribution is -0.133. The predicted octanol–water partition coefficient (Wildman–Crippen LogP) is 2.98. The maximum Gasteiger partial charge on any atom is 0.329 e. The van der Waals surface area contributed by atoms with Crippen LogP contribution in [0.3, 0.4) is 0 Å². The average Bonchev–Trinajstić information content (AvgIpc) is 2.34. The molecule has 0 saturated heterocycles. The van der Waals surface area contributed by atoms with Gasteiger partial charge in [0, 0.05) is 6.07 Å². The molecule has 0 fully saturated rings. The van der Waals surface area contributed by atoms with Gasteiger partial charge in [-0.25, -0.2) is 0 Å². The Hall–Kier alpha value is -1.52. The summed E-state index contributed by atoms with van der Waals surface area (Å²) in [5.41, 5.74) is -0.0431. The van der Waals surface area contributed by atoms with E-state index in [4.69, 9.17) is 32.4 Å². The van der Waals surface area contributed by atoms with Gasteiger partial charge in [0.2, 0.25) is 5.43 Å². The lowest BCUT2D eigenvalue weighted by atomic mass is 10.2. The third-order valence-corrected chi connectivity index (χ3v) is 2.69. The first kappa shape index (κ1) is 12.9. The zero-order valence-corrected chi connectivity index (χ0v) is 10.8. The van der Waals surface area contributed by atoms with Crippen LogP contribution in [0.1, 0.15) is 6.92 Å². The summed E-state index contributed by atoms with van der Waals surface area (Å²) >= 11 is 11.2. The smallest absolute Gasteiger partial charge is 0.329 e. The van der Waals surface area contributed by atoms with Crippen LogP contribution in [0.25, 0.3) is 11.0 Å². The molecule has 0 amide bonds. The number of carbonyl (C=O) groups is 1. The minimum Gasteiger partial charge on any atom is -0.462 e. The van der Waals surface area contributed by atoms with Gasteiger partial charge in [-0.15, -0.1) is 11.6 Å². The van der Waals surface area contributed by atoms with Crippen LogP contribution in [-0.2, 0) is 4.79 Å². The molecule has 0 aliphatic rings. The predicted molar refractivity (Wildman–Crippen MR) is 68.4 cm³/mol. The average molecular weight is 287 g/mol. The Morgan fingerprint density at radius 1 is 1.44 bits per heavy atom. The molecule has 94 valence electrons. The number of rotatable bonds is 2. The molecular formula is C12H8Cl2O4. The Labute approximate surface area is 112 Å². The van der Waals surface area contributed by atoms with Gasteiger partial charge >= 0.3 is 5.97 Å². The molecule has 0 aliphatic heterocycles. The molecule has 0 N–H and O–H groups in total. The van der Waals surface area contributed by atoms with E-state index in [9.17, 15) is 9.59 Å². The van der Waals surface area contributed by atoms with Gasteiger partial charge in [0.25, 0.3) is 0 Å². The SMILES string of the molecule is CC(Cl)C(=O)Oc1ccc2c(=O)c(Cl)coc2c1. The van der Waals surface area contributed by atoms with Crippen molar-refractivity contribution in [1.29, 1.82) is 0 Å². The van der Waals surface area contributed by atoms with E-state index in [1.54, 1.807) is 0 Å². The summed E-state index contributed by atoms with van der Waals surface area (Å²) in [5, 5.41) is -0.430. The van der Waals surface area contributed by atoms with Crippen molar-refractivity contribution in [2.75, 3.05) is 0 Å². The third kappa shape index (κ3) is 2.49. The molecule has 1 heterocycles. The van der Waals surface area contributed by atoms with Gasteiger partial charge < -0.3 is 9.15 Å². The molecule has 0 spiro atoms. The Kier molecular flexibility index (Phi) is 3.59. The standard InChI is InChI=1S/C12H8Cl2O4/c1-6(13)12(16)18-7-2-3-8-10(4-7)17-5-9(14)11(8)15/h2-6H,1H3. The van der Waals surface area contributed by atoms with Gasteiger partial charge in [0.1, 0.15) is 28.0 Å². The molecule has 2 rings (SSSR count). The van der Waals surface area contributed by atoms with Gasteiger partial charge in [-0.1, -0.05) is 11.6 Å². The van der Waals surface area contributed by atoms with E-state index >= 15 is 0 Å². The first-order valence-electron chi connectivity index (χ1n) is 5.06. The number of halogens is 2. The Morgan fingerprint density at radius 3 is 2.83 bits per heavy atom. The Bertz CT molecular complexity index is 661. The molecule has 4 nitrogen and oxygen atoms in total. The summed E-state index contributed by atoms with van der Waals surface area (Å²) in [7, 11) is 0. The van der Waals surface area contributed by atoms with Crippen molar-refractivity contribution in [1.82, 2.24) is 0 Å². The molecule has 0 saturated carbocycles. The summed E-state index contributed by atoms with van der Waals surface area (Å²) in [6.45, 7) is 1.50. The van der Waals surface area contributed by atoms with Crippen LogP contribution in [-0.4, -0.2) is 11.3 Å². The normalized spacial score (nSPS) is 12.4. The van der Waals surface area contributed by atoms with Crippen LogP contribution < -0.4 is 10.2 Å². The van der Waals surface area contributed by atoms with E-state index in [1.807, 2.05) is 0 Å². The highest BCUT2D eigenvalue weighted by molar-refractivity contribution is 6.31. The summed E-state index contributed by atoms with van der Waals surface area (Å²) in [4.78, 5) is 23.0. The van der Waals surface area contributed by atoms with Crippen LogP contribution in [0, 0.1) is 0 Å². The van der Waals surface area contributed by atoms with Crippen molar-refractivity contribution in [3.8, 4) is 5.75 Å². The van der Waals surface area contributed by atoms with Crippen molar-refractivity contribution in [2.24, 2.45) is 0 Å². The molecule has 1 atom stereocenters. The number of carbonyl (C=O) groups excluding carboxylic acids is 1. The number of ether oxygens (including phenoxy) is 1. The zero-order chi connectivity index (χ0) is 13.3. The number of fused-ring (bicyclic) bond motifs is 1. The number of esters is 1. The summed E-state index contributed by atoms with van der Waals surface area (Å²) < 4.78 is 10.1. The summed E-state index contributed by atoms with van der Waals surface area (Å²) in [6, 6.07) is 4.39. The minimum absolute atomic E-state index is 0.00150. The zero-order valence-electron chi connectivity index (χ0n) is 9.28. The summed E-state index contributed by atoms with van der Waals surface area (Å²) in [6.07, 6.45) is 1.14. The number of hydrogen-bond donors (Lipinski definition) is 0. The molecule has 1 aromatic heterocycles. The van der Waals surface area contributed by atoms with Gasteiger partial charge in [0.15, 0.2) is 0 Å². The quantitative estimate of drug-likeness (QED) is 0.484. The third-order valence-electron chi connectivity index (χ3n) is 2.25. The fraction of sp³-hybridized carbons (Fsp3) is 0.167. The molecule has 0 radical (unpaired) electrons. The van der Waals surface area contributed by atoms with Crippen molar-refractivity contribution in [3.63, 3.8) is 0 Å². The second-order valence-corrected chi connectivity index (χ2v) is 4.67. The van der Waals surface area contributed by atoms with Gasteiger partial charge in [-0.2, -0.15) is 0 Å². The van der Waals surface area contributed by atoms with E-state index in [1.165, 1.54) is 25.1 Å². The molecular weight excluding hydrogens is 279 g/mol. The maximum atomic E-state index is 11.6. The fourth-order valence-electron chi connectivity index (χ4n) is 1.35. The second kappa shape index (κ2) is 5.00. The number of hydrogen-bond acceptors (Lipinski definition) is 4. The van der Waals surface area contributed by atoms with Crippen LogP contribution in [0.15, 0.2) is 33.7 Å². The molecule has 1 aromatic carbocycles. The van der Waals surface area contributed by atoms with Crippen LogP contribution in [0.2, 0.25) is 5.02 Å². The molecule has 6 heteroatoms. The fourth-order valence-corrected chi connectivity index (χ4v) is 1.54. The molecule has 2 aromatic rings. The van der Waals surface area contributed by atoms with E-state index in [-0.39, 0.29) is 21.8 Å². The monoisotopic (exact) mass is 286 g/mol. The first-order chi connectivity index (χ1) is 8.49. The highest BCUT2D eigenvalue weighted by Crippen LogP contribution is 2.21. The van der Waals surface area contributed by atoms with Crippen LogP contribution >= 0.6 is 23.2 Å². The highest BCUT2D eigenvalue weighted by atomic mass is 35.5. The van der Waals surface area contributed by atoms with Gasteiger partial charge in [-0.3, -0.25) is 9.59 Å². The Balaban J connectivity index is 2.43. The van der Waals surface area contributed by atoms with Crippen molar-refractivity contribution < 1.29 is 13.9 Å². The number of benzene rings is 1. The summed E-state index contributed by atoms with van der Waals surface area (Å²) in [5.74, 6) is -0.321. The van der Waals surface area contributed by atoms with Crippen molar-refractivity contribution in [2.45, 2.75) is 12.3 Å². The van der Waals surface area contributed by atoms with E-state index < -0.39 is 11.3 Å². The van der Waals surface area contributed by atoms with Crippen LogP contribution in [0.5, 0.6) is 5.75 Å². The lowest BCUT2D eigenvalue weighted by Gasteiger charge is -2.06.